The summed E-state index contributed by atoms with van der Waals surface area (Å²) in [6.45, 7) is 3.09. The molecule has 1 atom stereocenters. The molecule has 0 heterocycles. The number of hydrogen-bond acceptors (Lipinski definition) is 4. The highest BCUT2D eigenvalue weighted by molar-refractivity contribution is 5.96. The van der Waals surface area contributed by atoms with E-state index >= 15 is 0 Å². The predicted octanol–water partition coefficient (Wildman–Crippen LogP) is 2.96. The van der Waals surface area contributed by atoms with E-state index in [1.165, 1.54) is 6.92 Å². The quantitative estimate of drug-likeness (QED) is 0.712. The van der Waals surface area contributed by atoms with Gasteiger partial charge in [-0.25, -0.2) is 8.78 Å². The molecule has 8 heteroatoms. The van der Waals surface area contributed by atoms with Gasteiger partial charge in [0, 0.05) is 12.1 Å². The molecule has 0 bridgehead atoms. The number of aryl methyl sites for hydroxylation is 1. The molecular formula is C20H20F2N2O4. The fraction of sp³-hybridized carbons (Fsp3) is 0.250. The molecule has 0 aliphatic heterocycles. The molecule has 2 rings (SSSR count). The van der Waals surface area contributed by atoms with E-state index in [0.717, 1.165) is 23.8 Å². The van der Waals surface area contributed by atoms with Gasteiger partial charge in [-0.05, 0) is 37.6 Å². The number of carbonyl (C=O) groups excluding carboxylic acids is 3. The Balaban J connectivity index is 1.80. The van der Waals surface area contributed by atoms with Gasteiger partial charge in [-0.1, -0.05) is 24.3 Å². The second-order valence-electron chi connectivity index (χ2n) is 6.04. The molecule has 0 fully saturated rings. The lowest BCUT2D eigenvalue weighted by atomic mass is 10.1. The molecule has 1 unspecified atom stereocenters. The molecule has 0 radical (unpaired) electrons. The van der Waals surface area contributed by atoms with Gasteiger partial charge in [-0.2, -0.15) is 0 Å². The third-order valence-corrected chi connectivity index (χ3v) is 3.89. The van der Waals surface area contributed by atoms with Crippen LogP contribution in [0.4, 0.5) is 14.5 Å². The highest BCUT2D eigenvalue weighted by Crippen LogP contribution is 2.18. The summed E-state index contributed by atoms with van der Waals surface area (Å²) in [6, 6.07) is 10.1. The first kappa shape index (κ1) is 21.0. The first-order chi connectivity index (χ1) is 13.3. The van der Waals surface area contributed by atoms with Crippen LogP contribution >= 0.6 is 0 Å². The second-order valence-corrected chi connectivity index (χ2v) is 6.04. The molecule has 28 heavy (non-hydrogen) atoms. The van der Waals surface area contributed by atoms with E-state index in [0.29, 0.717) is 5.56 Å². The van der Waals surface area contributed by atoms with E-state index in [1.807, 2.05) is 11.4 Å². The van der Waals surface area contributed by atoms with E-state index in [4.69, 9.17) is 4.74 Å². The van der Waals surface area contributed by atoms with Crippen LogP contribution in [-0.2, 0) is 14.3 Å². The van der Waals surface area contributed by atoms with Gasteiger partial charge in [-0.15, -0.1) is 0 Å². The number of halogens is 2. The number of ether oxygens (including phenoxy) is 1. The van der Waals surface area contributed by atoms with Crippen molar-refractivity contribution in [3.8, 4) is 0 Å². The maximum Gasteiger partial charge on any atom is 0.308 e. The van der Waals surface area contributed by atoms with Crippen molar-refractivity contribution in [1.29, 1.82) is 0 Å². The molecule has 2 aromatic rings. The predicted molar refractivity (Wildman–Crippen MR) is 98.7 cm³/mol. The number of esters is 1. The molecule has 6 nitrogen and oxygen atoms in total. The molecule has 0 aliphatic carbocycles. The van der Waals surface area contributed by atoms with Crippen LogP contribution in [0.2, 0.25) is 0 Å². The van der Waals surface area contributed by atoms with Crippen LogP contribution in [0, 0.1) is 18.6 Å². The van der Waals surface area contributed by atoms with Crippen molar-refractivity contribution >= 4 is 23.5 Å². The summed E-state index contributed by atoms with van der Waals surface area (Å²) in [4.78, 5) is 35.8. The van der Waals surface area contributed by atoms with Gasteiger partial charge in [0.2, 0.25) is 0 Å². The zero-order chi connectivity index (χ0) is 20.7. The highest BCUT2D eigenvalue weighted by atomic mass is 19.1. The number of nitrogens with one attached hydrogen (secondary N) is 2. The van der Waals surface area contributed by atoms with E-state index in [2.05, 4.69) is 5.32 Å². The van der Waals surface area contributed by atoms with Crippen LogP contribution in [0.3, 0.4) is 0 Å². The van der Waals surface area contributed by atoms with Crippen molar-refractivity contribution < 1.29 is 27.9 Å². The van der Waals surface area contributed by atoms with Crippen LogP contribution < -0.4 is 10.6 Å². The van der Waals surface area contributed by atoms with Crippen LogP contribution in [0.5, 0.6) is 0 Å². The highest BCUT2D eigenvalue weighted by Gasteiger charge is 2.20. The first-order valence-electron chi connectivity index (χ1n) is 8.57. The summed E-state index contributed by atoms with van der Waals surface area (Å²) in [5, 5.41) is 4.64. The number of anilines is 1. The number of hydrogen-bond donors (Lipinski definition) is 2. The average Bonchev–Trinajstić information content (AvgIpc) is 2.64. The molecular weight excluding hydrogens is 370 g/mol. The lowest BCUT2D eigenvalue weighted by Gasteiger charge is -2.14. The molecule has 0 saturated carbocycles. The van der Waals surface area contributed by atoms with Crippen LogP contribution in [0.1, 0.15) is 29.3 Å². The van der Waals surface area contributed by atoms with Crippen molar-refractivity contribution in [3.05, 3.63) is 65.2 Å². The van der Waals surface area contributed by atoms with Gasteiger partial charge < -0.3 is 15.4 Å². The Bertz CT molecular complexity index is 866. The van der Waals surface area contributed by atoms with Gasteiger partial charge in [0.1, 0.15) is 17.3 Å². The Morgan fingerprint density at radius 1 is 1.04 bits per heavy atom. The minimum absolute atomic E-state index is 0.0162. The summed E-state index contributed by atoms with van der Waals surface area (Å²) < 4.78 is 32.0. The lowest BCUT2D eigenvalue weighted by Crippen LogP contribution is -2.32. The van der Waals surface area contributed by atoms with Crippen LogP contribution in [0.15, 0.2) is 42.5 Å². The monoisotopic (exact) mass is 390 g/mol. The van der Waals surface area contributed by atoms with E-state index < -0.39 is 35.3 Å². The smallest absolute Gasteiger partial charge is 0.308 e. The molecule has 2 aromatic carbocycles. The summed E-state index contributed by atoms with van der Waals surface area (Å²) in [5.74, 6) is -3.81. The molecule has 0 spiro atoms. The largest absolute Gasteiger partial charge is 0.452 e. The fourth-order valence-electron chi connectivity index (χ4n) is 2.35. The van der Waals surface area contributed by atoms with E-state index in [-0.39, 0.29) is 18.9 Å². The third kappa shape index (κ3) is 5.60. The Labute approximate surface area is 160 Å². The van der Waals surface area contributed by atoms with Gasteiger partial charge in [0.25, 0.3) is 11.8 Å². The first-order valence-corrected chi connectivity index (χ1v) is 8.57. The van der Waals surface area contributed by atoms with Gasteiger partial charge in [-0.3, -0.25) is 14.4 Å². The SMILES string of the molecule is Cc1ccccc1C(=O)NCCC(=O)OC(C)C(=O)Nc1c(F)cccc1F. The van der Waals surface area contributed by atoms with E-state index in [1.54, 1.807) is 25.1 Å². The van der Waals surface area contributed by atoms with Crippen molar-refractivity contribution in [1.82, 2.24) is 5.32 Å². The zero-order valence-corrected chi connectivity index (χ0v) is 15.4. The molecule has 0 aromatic heterocycles. The molecule has 0 aliphatic rings. The zero-order valence-electron chi connectivity index (χ0n) is 15.4. The Hall–Kier alpha value is -3.29. The second kappa shape index (κ2) is 9.59. The Morgan fingerprint density at radius 2 is 1.68 bits per heavy atom. The number of para-hydroxylation sites is 1. The number of rotatable bonds is 7. The summed E-state index contributed by atoms with van der Waals surface area (Å²) >= 11 is 0. The van der Waals surface area contributed by atoms with E-state index in [9.17, 15) is 23.2 Å². The minimum atomic E-state index is -1.27. The fourth-order valence-corrected chi connectivity index (χ4v) is 2.35. The third-order valence-electron chi connectivity index (χ3n) is 3.89. The van der Waals surface area contributed by atoms with Gasteiger partial charge in [0.05, 0.1) is 6.42 Å². The van der Waals surface area contributed by atoms with Crippen molar-refractivity contribution in [2.24, 2.45) is 0 Å². The maximum atomic E-state index is 13.5. The maximum absolute atomic E-state index is 13.5. The molecule has 2 N–H and O–H groups in total. The Kier molecular flexibility index (Phi) is 7.20. The van der Waals surface area contributed by atoms with Gasteiger partial charge in [0.15, 0.2) is 6.10 Å². The standard InChI is InChI=1S/C20H20F2N2O4/c1-12-6-3-4-7-14(12)20(27)23-11-10-17(25)28-13(2)19(26)24-18-15(21)8-5-9-16(18)22/h3-9,13H,10-11H2,1-2H3,(H,23,27)(H,24,26). The summed E-state index contributed by atoms with van der Waals surface area (Å²) in [5.41, 5.74) is 0.685. The number of amides is 2. The van der Waals surface area contributed by atoms with Crippen LogP contribution in [0.25, 0.3) is 0 Å². The van der Waals surface area contributed by atoms with Gasteiger partial charge >= 0.3 is 5.97 Å². The van der Waals surface area contributed by atoms with Crippen molar-refractivity contribution in [2.45, 2.75) is 26.4 Å². The Morgan fingerprint density at radius 3 is 2.32 bits per heavy atom. The van der Waals surface area contributed by atoms with Crippen molar-refractivity contribution in [3.63, 3.8) is 0 Å². The topological polar surface area (TPSA) is 84.5 Å². The molecule has 0 saturated heterocycles. The van der Waals surface area contributed by atoms with Crippen molar-refractivity contribution in [2.75, 3.05) is 11.9 Å². The molecule has 148 valence electrons. The summed E-state index contributed by atoms with van der Waals surface area (Å²) in [6.07, 6.45) is -1.43. The normalized spacial score (nSPS) is 11.4. The number of benzene rings is 2. The lowest BCUT2D eigenvalue weighted by molar-refractivity contribution is -0.153. The van der Waals surface area contributed by atoms with Crippen LogP contribution in [-0.4, -0.2) is 30.4 Å². The average molecular weight is 390 g/mol. The minimum Gasteiger partial charge on any atom is -0.452 e. The summed E-state index contributed by atoms with van der Waals surface area (Å²) in [7, 11) is 0. The number of carbonyl (C=O) groups is 3. The molecule has 2 amide bonds.